The molecule has 3 nitrogen and oxygen atoms in total. The number of rotatable bonds is 5. The van der Waals surface area contributed by atoms with E-state index in [9.17, 15) is 0 Å². The van der Waals surface area contributed by atoms with Crippen molar-refractivity contribution < 1.29 is 0 Å². The van der Waals surface area contributed by atoms with E-state index in [-0.39, 0.29) is 0 Å². The van der Waals surface area contributed by atoms with E-state index >= 15 is 0 Å². The predicted octanol–water partition coefficient (Wildman–Crippen LogP) is 2.42. The van der Waals surface area contributed by atoms with Crippen molar-refractivity contribution in [2.45, 2.75) is 26.3 Å². The minimum Gasteiger partial charge on any atom is -0.301 e. The van der Waals surface area contributed by atoms with Gasteiger partial charge in [-0.25, -0.2) is 0 Å². The highest BCUT2D eigenvalue weighted by atomic mass is 15.3. The minimum absolute atomic E-state index is 0.684. The standard InChI is InChI=1S/C16H23N3/c1-15-5-4-6-16(13-15)14-19-11-9-18(10-12-19)8-3-2-7-17/h4-6,13H,2-3,8-12,14H2,1H3. The molecule has 1 heterocycles. The molecule has 0 atom stereocenters. The lowest BCUT2D eigenvalue weighted by Crippen LogP contribution is -2.46. The highest BCUT2D eigenvalue weighted by Gasteiger charge is 2.16. The van der Waals surface area contributed by atoms with E-state index in [2.05, 4.69) is 47.1 Å². The maximum Gasteiger partial charge on any atom is 0.0622 e. The number of nitriles is 1. The smallest absolute Gasteiger partial charge is 0.0622 e. The van der Waals surface area contributed by atoms with E-state index in [1.54, 1.807) is 0 Å². The van der Waals surface area contributed by atoms with Gasteiger partial charge < -0.3 is 4.90 Å². The van der Waals surface area contributed by atoms with Crippen molar-refractivity contribution in [2.75, 3.05) is 32.7 Å². The first-order chi connectivity index (χ1) is 9.28. The van der Waals surface area contributed by atoms with Crippen LogP contribution in [0.4, 0.5) is 0 Å². The van der Waals surface area contributed by atoms with Crippen LogP contribution in [0, 0.1) is 18.3 Å². The van der Waals surface area contributed by atoms with Gasteiger partial charge in [0.25, 0.3) is 0 Å². The highest BCUT2D eigenvalue weighted by Crippen LogP contribution is 2.10. The van der Waals surface area contributed by atoms with E-state index in [0.717, 1.165) is 45.7 Å². The lowest BCUT2D eigenvalue weighted by atomic mass is 10.1. The number of hydrogen-bond acceptors (Lipinski definition) is 3. The molecule has 0 N–H and O–H groups in total. The number of benzene rings is 1. The van der Waals surface area contributed by atoms with Crippen molar-refractivity contribution in [1.82, 2.24) is 9.80 Å². The Bertz CT molecular complexity index is 428. The van der Waals surface area contributed by atoms with Gasteiger partial charge in [0.1, 0.15) is 0 Å². The summed E-state index contributed by atoms with van der Waals surface area (Å²) in [6, 6.07) is 11.0. The summed E-state index contributed by atoms with van der Waals surface area (Å²) in [4.78, 5) is 5.00. The number of aryl methyl sites for hydroxylation is 1. The van der Waals surface area contributed by atoms with Gasteiger partial charge in [-0.1, -0.05) is 29.8 Å². The normalized spacial score (nSPS) is 17.3. The Morgan fingerprint density at radius 1 is 1.16 bits per heavy atom. The molecule has 102 valence electrons. The molecule has 19 heavy (non-hydrogen) atoms. The van der Waals surface area contributed by atoms with Crippen molar-refractivity contribution >= 4 is 0 Å². The molecule has 1 fully saturated rings. The summed E-state index contributed by atoms with van der Waals surface area (Å²) in [5.41, 5.74) is 2.76. The first kappa shape index (κ1) is 14.0. The van der Waals surface area contributed by atoms with Gasteiger partial charge in [0.05, 0.1) is 6.07 Å². The molecule has 1 aliphatic heterocycles. The van der Waals surface area contributed by atoms with Crippen molar-refractivity contribution in [2.24, 2.45) is 0 Å². The van der Waals surface area contributed by atoms with Crippen LogP contribution < -0.4 is 0 Å². The molecule has 1 aliphatic rings. The van der Waals surface area contributed by atoms with Crippen LogP contribution in [0.5, 0.6) is 0 Å². The molecule has 2 rings (SSSR count). The fourth-order valence-corrected chi connectivity index (χ4v) is 2.62. The maximum absolute atomic E-state index is 8.55. The third-order valence-corrected chi connectivity index (χ3v) is 3.72. The summed E-state index contributed by atoms with van der Waals surface area (Å²) < 4.78 is 0. The van der Waals surface area contributed by atoms with Gasteiger partial charge in [0, 0.05) is 39.1 Å². The number of piperazine rings is 1. The zero-order chi connectivity index (χ0) is 13.5. The lowest BCUT2D eigenvalue weighted by molar-refractivity contribution is 0.126. The Kier molecular flexibility index (Phi) is 5.38. The van der Waals surface area contributed by atoms with Gasteiger partial charge in [-0.3, -0.25) is 4.90 Å². The van der Waals surface area contributed by atoms with Gasteiger partial charge >= 0.3 is 0 Å². The van der Waals surface area contributed by atoms with Gasteiger partial charge in [0.2, 0.25) is 0 Å². The molecule has 0 spiro atoms. The van der Waals surface area contributed by atoms with Crippen LogP contribution in [0.1, 0.15) is 24.0 Å². The lowest BCUT2D eigenvalue weighted by Gasteiger charge is -2.34. The average molecular weight is 257 g/mol. The quantitative estimate of drug-likeness (QED) is 0.759. The second kappa shape index (κ2) is 7.28. The summed E-state index contributed by atoms with van der Waals surface area (Å²) in [5.74, 6) is 0. The first-order valence-electron chi connectivity index (χ1n) is 7.15. The van der Waals surface area contributed by atoms with Crippen LogP contribution in [-0.4, -0.2) is 42.5 Å². The molecule has 0 radical (unpaired) electrons. The molecule has 0 unspecified atom stereocenters. The Hall–Kier alpha value is -1.37. The average Bonchev–Trinajstić information content (AvgIpc) is 2.41. The van der Waals surface area contributed by atoms with Crippen molar-refractivity contribution in [3.8, 4) is 6.07 Å². The summed E-state index contributed by atoms with van der Waals surface area (Å²) in [6.07, 6.45) is 1.69. The second-order valence-electron chi connectivity index (χ2n) is 5.37. The zero-order valence-corrected chi connectivity index (χ0v) is 11.8. The molecule has 0 saturated carbocycles. The Labute approximate surface area is 116 Å². The highest BCUT2D eigenvalue weighted by molar-refractivity contribution is 5.22. The van der Waals surface area contributed by atoms with E-state index in [4.69, 9.17) is 5.26 Å². The molecule has 1 aromatic carbocycles. The Balaban J connectivity index is 1.73. The monoisotopic (exact) mass is 257 g/mol. The summed E-state index contributed by atoms with van der Waals surface area (Å²) in [7, 11) is 0. The van der Waals surface area contributed by atoms with E-state index in [1.165, 1.54) is 11.1 Å². The fourth-order valence-electron chi connectivity index (χ4n) is 2.62. The fraction of sp³-hybridized carbons (Fsp3) is 0.562. The van der Waals surface area contributed by atoms with E-state index in [1.807, 2.05) is 0 Å². The Morgan fingerprint density at radius 3 is 2.58 bits per heavy atom. The third kappa shape index (κ3) is 4.66. The molecule has 1 aromatic rings. The van der Waals surface area contributed by atoms with Gasteiger partial charge in [-0.05, 0) is 25.5 Å². The molecule has 3 heteroatoms. The topological polar surface area (TPSA) is 30.3 Å². The van der Waals surface area contributed by atoms with Crippen molar-refractivity contribution in [1.29, 1.82) is 5.26 Å². The molecule has 0 aliphatic carbocycles. The molecule has 0 bridgehead atoms. The number of hydrogen-bond donors (Lipinski definition) is 0. The van der Waals surface area contributed by atoms with Crippen LogP contribution in [0.25, 0.3) is 0 Å². The number of nitrogens with zero attached hydrogens (tertiary/aromatic N) is 3. The molecule has 0 aromatic heterocycles. The minimum atomic E-state index is 0.684. The predicted molar refractivity (Wildman–Crippen MR) is 77.7 cm³/mol. The van der Waals surface area contributed by atoms with Crippen LogP contribution >= 0.6 is 0 Å². The largest absolute Gasteiger partial charge is 0.301 e. The van der Waals surface area contributed by atoms with Gasteiger partial charge in [-0.2, -0.15) is 5.26 Å². The summed E-state index contributed by atoms with van der Waals surface area (Å²) in [5, 5.41) is 8.55. The van der Waals surface area contributed by atoms with Crippen LogP contribution in [0.3, 0.4) is 0 Å². The molecular formula is C16H23N3. The third-order valence-electron chi connectivity index (χ3n) is 3.72. The molecule has 1 saturated heterocycles. The SMILES string of the molecule is Cc1cccc(CN2CCN(CCCC#N)CC2)c1. The van der Waals surface area contributed by atoms with Crippen molar-refractivity contribution in [3.63, 3.8) is 0 Å². The van der Waals surface area contributed by atoms with Crippen molar-refractivity contribution in [3.05, 3.63) is 35.4 Å². The van der Waals surface area contributed by atoms with Gasteiger partial charge in [0.15, 0.2) is 0 Å². The summed E-state index contributed by atoms with van der Waals surface area (Å²) >= 11 is 0. The Morgan fingerprint density at radius 2 is 1.89 bits per heavy atom. The van der Waals surface area contributed by atoms with E-state index in [0.29, 0.717) is 6.42 Å². The van der Waals surface area contributed by atoms with Crippen LogP contribution in [0.15, 0.2) is 24.3 Å². The van der Waals surface area contributed by atoms with Crippen LogP contribution in [-0.2, 0) is 6.54 Å². The van der Waals surface area contributed by atoms with Crippen LogP contribution in [0.2, 0.25) is 0 Å². The first-order valence-corrected chi connectivity index (χ1v) is 7.15. The zero-order valence-electron chi connectivity index (χ0n) is 11.8. The molecular weight excluding hydrogens is 234 g/mol. The summed E-state index contributed by atoms with van der Waals surface area (Å²) in [6.45, 7) is 8.84. The molecule has 0 amide bonds. The van der Waals surface area contributed by atoms with E-state index < -0.39 is 0 Å². The number of unbranched alkanes of at least 4 members (excludes halogenated alkanes) is 1. The second-order valence-corrected chi connectivity index (χ2v) is 5.37. The van der Waals surface area contributed by atoms with Gasteiger partial charge in [-0.15, -0.1) is 0 Å². The maximum atomic E-state index is 8.55.